The molecule has 0 aliphatic carbocycles. The standard InChI is InChI=1S/C39H34N4O6S/c1-3-49-35-17-11-10-16-29(35)25-34(42-37(44)28-14-8-5-9-15-28)38(45)40-30-18-21-32(22-19-30)50-36(27-12-6-4-7-13-27)39(46)41-33-23-20-31(43(47)48)24-26(33)2/h4-25,36H,3H2,1-2H3,(H,40,45)(H,41,46)(H,42,44)/b34-25-. The Bertz CT molecular complexity index is 2020. The van der Waals surface area contributed by atoms with Crippen LogP contribution in [0.1, 0.15) is 39.2 Å². The molecule has 0 fully saturated rings. The molecule has 0 aliphatic heterocycles. The normalized spacial score (nSPS) is 11.6. The van der Waals surface area contributed by atoms with Crippen LogP contribution in [0, 0.1) is 17.0 Å². The summed E-state index contributed by atoms with van der Waals surface area (Å²) in [5, 5.41) is 19.0. The van der Waals surface area contributed by atoms with Gasteiger partial charge in [0.1, 0.15) is 16.7 Å². The maximum absolute atomic E-state index is 13.6. The van der Waals surface area contributed by atoms with Crippen LogP contribution in [0.5, 0.6) is 5.75 Å². The van der Waals surface area contributed by atoms with Crippen LogP contribution in [0.2, 0.25) is 0 Å². The summed E-state index contributed by atoms with van der Waals surface area (Å²) in [5.74, 6) is -0.717. The number of amides is 3. The Morgan fingerprint density at radius 1 is 0.840 bits per heavy atom. The van der Waals surface area contributed by atoms with Crippen LogP contribution in [0.3, 0.4) is 0 Å². The molecule has 5 aromatic carbocycles. The lowest BCUT2D eigenvalue weighted by molar-refractivity contribution is -0.384. The molecule has 50 heavy (non-hydrogen) atoms. The van der Waals surface area contributed by atoms with E-state index in [1.165, 1.54) is 30.0 Å². The summed E-state index contributed by atoms with van der Waals surface area (Å²) in [6, 6.07) is 36.4. The number of anilines is 2. The molecule has 0 saturated carbocycles. The van der Waals surface area contributed by atoms with Crippen LogP contribution in [-0.4, -0.2) is 29.3 Å². The summed E-state index contributed by atoms with van der Waals surface area (Å²) >= 11 is 1.32. The van der Waals surface area contributed by atoms with E-state index in [1.54, 1.807) is 79.7 Å². The number of hydrogen-bond donors (Lipinski definition) is 3. The molecule has 0 bridgehead atoms. The Morgan fingerprint density at radius 3 is 2.16 bits per heavy atom. The Morgan fingerprint density at radius 2 is 1.50 bits per heavy atom. The van der Waals surface area contributed by atoms with Gasteiger partial charge in [-0.25, -0.2) is 0 Å². The Hall–Kier alpha value is -6.20. The predicted octanol–water partition coefficient (Wildman–Crippen LogP) is 8.18. The van der Waals surface area contributed by atoms with Gasteiger partial charge in [-0.1, -0.05) is 66.7 Å². The number of thioether (sulfide) groups is 1. The maximum atomic E-state index is 13.6. The molecule has 5 rings (SSSR count). The van der Waals surface area contributed by atoms with Crippen molar-refractivity contribution in [3.8, 4) is 5.75 Å². The highest BCUT2D eigenvalue weighted by Gasteiger charge is 2.23. The fourth-order valence-corrected chi connectivity index (χ4v) is 5.96. The molecule has 0 saturated heterocycles. The van der Waals surface area contributed by atoms with E-state index in [9.17, 15) is 24.5 Å². The average Bonchev–Trinajstić information content (AvgIpc) is 3.13. The van der Waals surface area contributed by atoms with Crippen LogP contribution < -0.4 is 20.7 Å². The Kier molecular flexibility index (Phi) is 11.8. The zero-order chi connectivity index (χ0) is 35.5. The van der Waals surface area contributed by atoms with E-state index in [2.05, 4.69) is 16.0 Å². The average molecular weight is 687 g/mol. The summed E-state index contributed by atoms with van der Waals surface area (Å²) < 4.78 is 5.73. The second-order valence-electron chi connectivity index (χ2n) is 11.0. The van der Waals surface area contributed by atoms with Crippen molar-refractivity contribution in [3.05, 3.63) is 165 Å². The quantitative estimate of drug-likeness (QED) is 0.0491. The topological polar surface area (TPSA) is 140 Å². The van der Waals surface area contributed by atoms with E-state index in [0.29, 0.717) is 40.4 Å². The van der Waals surface area contributed by atoms with E-state index in [0.717, 1.165) is 10.5 Å². The number of non-ortho nitro benzene ring substituents is 1. The van der Waals surface area contributed by atoms with Gasteiger partial charge < -0.3 is 20.7 Å². The van der Waals surface area contributed by atoms with Crippen LogP contribution in [0.4, 0.5) is 17.1 Å². The van der Waals surface area contributed by atoms with E-state index in [1.807, 2.05) is 49.4 Å². The second kappa shape index (κ2) is 16.8. The van der Waals surface area contributed by atoms with Crippen LogP contribution in [0.25, 0.3) is 6.08 Å². The monoisotopic (exact) mass is 686 g/mol. The minimum atomic E-state index is -0.653. The minimum absolute atomic E-state index is 0.0202. The van der Waals surface area contributed by atoms with Crippen molar-refractivity contribution in [2.45, 2.75) is 24.0 Å². The Balaban J connectivity index is 1.35. The molecule has 10 nitrogen and oxygen atoms in total. The Labute approximate surface area is 293 Å². The smallest absolute Gasteiger partial charge is 0.272 e. The molecule has 5 aromatic rings. The highest BCUT2D eigenvalue weighted by molar-refractivity contribution is 8.00. The molecule has 1 unspecified atom stereocenters. The molecule has 3 amide bonds. The molecule has 252 valence electrons. The van der Waals surface area contributed by atoms with Crippen LogP contribution in [0.15, 0.2) is 138 Å². The lowest BCUT2D eigenvalue weighted by Gasteiger charge is -2.18. The number of carbonyl (C=O) groups is 3. The van der Waals surface area contributed by atoms with E-state index >= 15 is 0 Å². The van der Waals surface area contributed by atoms with Gasteiger partial charge >= 0.3 is 0 Å². The molecule has 1 atom stereocenters. The maximum Gasteiger partial charge on any atom is 0.272 e. The summed E-state index contributed by atoms with van der Waals surface area (Å²) in [6.07, 6.45) is 1.57. The summed E-state index contributed by atoms with van der Waals surface area (Å²) in [7, 11) is 0. The van der Waals surface area contributed by atoms with Crippen molar-refractivity contribution in [2.24, 2.45) is 0 Å². The molecular weight excluding hydrogens is 653 g/mol. The van der Waals surface area contributed by atoms with Gasteiger partial charge in [0.2, 0.25) is 5.91 Å². The van der Waals surface area contributed by atoms with Gasteiger partial charge in [-0.2, -0.15) is 0 Å². The SMILES string of the molecule is CCOc1ccccc1/C=C(\NC(=O)c1ccccc1)C(=O)Nc1ccc(SC(C(=O)Nc2ccc([N+](=O)[O-])cc2C)c2ccccc2)cc1. The number of nitrogens with one attached hydrogen (secondary N) is 3. The first kappa shape index (κ1) is 35.1. The minimum Gasteiger partial charge on any atom is -0.493 e. The molecule has 0 radical (unpaired) electrons. The number of benzene rings is 5. The third-order valence-corrected chi connectivity index (χ3v) is 8.70. The lowest BCUT2D eigenvalue weighted by atomic mass is 10.1. The molecule has 0 aliphatic rings. The van der Waals surface area contributed by atoms with Crippen molar-refractivity contribution in [1.29, 1.82) is 0 Å². The molecule has 11 heteroatoms. The first-order chi connectivity index (χ1) is 24.2. The van der Waals surface area contributed by atoms with Gasteiger partial charge in [0.15, 0.2) is 0 Å². The van der Waals surface area contributed by atoms with Crippen LogP contribution in [-0.2, 0) is 9.59 Å². The summed E-state index contributed by atoms with van der Waals surface area (Å²) in [6.45, 7) is 3.99. The number of nitro groups is 1. The van der Waals surface area contributed by atoms with Gasteiger partial charge in [0, 0.05) is 39.5 Å². The summed E-state index contributed by atoms with van der Waals surface area (Å²) in [5.41, 5.74) is 3.26. The second-order valence-corrected chi connectivity index (χ2v) is 12.2. The van der Waals surface area contributed by atoms with Gasteiger partial charge in [0.25, 0.3) is 17.5 Å². The zero-order valence-corrected chi connectivity index (χ0v) is 28.1. The number of nitrogens with zero attached hydrogens (tertiary/aromatic N) is 1. The van der Waals surface area contributed by atoms with Crippen LogP contribution >= 0.6 is 11.8 Å². The number of aryl methyl sites for hydroxylation is 1. The number of hydrogen-bond acceptors (Lipinski definition) is 7. The zero-order valence-electron chi connectivity index (χ0n) is 27.3. The number of carbonyl (C=O) groups excluding carboxylic acids is 3. The van der Waals surface area contributed by atoms with Crippen molar-refractivity contribution in [1.82, 2.24) is 5.32 Å². The highest BCUT2D eigenvalue weighted by atomic mass is 32.2. The number of rotatable bonds is 13. The van der Waals surface area contributed by atoms with Gasteiger partial charge in [-0.15, -0.1) is 11.8 Å². The van der Waals surface area contributed by atoms with E-state index in [4.69, 9.17) is 4.74 Å². The first-order valence-electron chi connectivity index (χ1n) is 15.7. The third kappa shape index (κ3) is 9.24. The molecule has 3 N–H and O–H groups in total. The number of ether oxygens (including phenoxy) is 1. The fraction of sp³-hybridized carbons (Fsp3) is 0.103. The lowest BCUT2D eigenvalue weighted by Crippen LogP contribution is -2.30. The largest absolute Gasteiger partial charge is 0.493 e. The molecule has 0 aromatic heterocycles. The van der Waals surface area contributed by atoms with Gasteiger partial charge in [-0.05, 0) is 79.6 Å². The van der Waals surface area contributed by atoms with Crippen molar-refractivity contribution in [3.63, 3.8) is 0 Å². The van der Waals surface area contributed by atoms with Crippen molar-refractivity contribution < 1.29 is 24.0 Å². The number of para-hydroxylation sites is 1. The summed E-state index contributed by atoms with van der Waals surface area (Å²) in [4.78, 5) is 51.8. The third-order valence-electron chi connectivity index (χ3n) is 7.43. The van der Waals surface area contributed by atoms with Gasteiger partial charge in [-0.3, -0.25) is 24.5 Å². The van der Waals surface area contributed by atoms with Gasteiger partial charge in [0.05, 0.1) is 11.5 Å². The number of nitro benzene ring substituents is 1. The fourth-order valence-electron chi connectivity index (χ4n) is 4.94. The van der Waals surface area contributed by atoms with E-state index < -0.39 is 22.0 Å². The van der Waals surface area contributed by atoms with E-state index in [-0.39, 0.29) is 17.3 Å². The van der Waals surface area contributed by atoms with Crippen molar-refractivity contribution >= 4 is 52.6 Å². The molecular formula is C39H34N4O6S. The molecule has 0 spiro atoms. The predicted molar refractivity (Wildman–Crippen MR) is 196 cm³/mol. The highest BCUT2D eigenvalue weighted by Crippen LogP contribution is 2.37. The molecule has 0 heterocycles. The van der Waals surface area contributed by atoms with Crippen molar-refractivity contribution in [2.75, 3.05) is 17.2 Å². The first-order valence-corrected chi connectivity index (χ1v) is 16.6.